The standard InChI is InChI=1S/C23H44N2O3/c1-20(2,3)27-19(26)25-15-16(12-21(25,4)5)10-11-18(24)17-13-22(6,7)28-23(8,9)14-17/h16-18H,10-15,24H2,1-9H3. The number of rotatable bonds is 4. The van der Waals surface area contributed by atoms with Gasteiger partial charge in [-0.05, 0) is 106 Å². The number of likely N-dealkylation sites (tertiary alicyclic amines) is 1. The lowest BCUT2D eigenvalue weighted by molar-refractivity contribution is -0.175. The van der Waals surface area contributed by atoms with Crippen molar-refractivity contribution >= 4 is 6.09 Å². The van der Waals surface area contributed by atoms with E-state index in [1.807, 2.05) is 25.7 Å². The lowest BCUT2D eigenvalue weighted by Gasteiger charge is -2.47. The molecule has 0 spiro atoms. The average molecular weight is 397 g/mol. The zero-order valence-corrected chi connectivity index (χ0v) is 19.7. The number of carbonyl (C=O) groups excluding carboxylic acids is 1. The van der Waals surface area contributed by atoms with Crippen molar-refractivity contribution in [2.75, 3.05) is 6.54 Å². The third kappa shape index (κ3) is 6.35. The van der Waals surface area contributed by atoms with Crippen molar-refractivity contribution < 1.29 is 14.3 Å². The van der Waals surface area contributed by atoms with Crippen LogP contribution >= 0.6 is 0 Å². The fraction of sp³-hybridized carbons (Fsp3) is 0.957. The van der Waals surface area contributed by atoms with E-state index in [1.165, 1.54) is 0 Å². The lowest BCUT2D eigenvalue weighted by atomic mass is 9.75. The Bertz CT molecular complexity index is 547. The summed E-state index contributed by atoms with van der Waals surface area (Å²) in [6.07, 6.45) is 4.89. The Balaban J connectivity index is 1.91. The Hall–Kier alpha value is -0.810. The van der Waals surface area contributed by atoms with Crippen LogP contribution in [-0.2, 0) is 9.47 Å². The Kier molecular flexibility index (Phi) is 6.53. The first-order valence-electron chi connectivity index (χ1n) is 11.0. The van der Waals surface area contributed by atoms with E-state index >= 15 is 0 Å². The van der Waals surface area contributed by atoms with Crippen molar-refractivity contribution in [3.05, 3.63) is 0 Å². The van der Waals surface area contributed by atoms with Gasteiger partial charge in [0.2, 0.25) is 0 Å². The summed E-state index contributed by atoms with van der Waals surface area (Å²) in [6, 6.07) is 0.182. The van der Waals surface area contributed by atoms with E-state index in [9.17, 15) is 4.79 Å². The molecule has 2 aliphatic heterocycles. The smallest absolute Gasteiger partial charge is 0.410 e. The fourth-order valence-electron chi connectivity index (χ4n) is 5.35. The Morgan fingerprint density at radius 3 is 2.14 bits per heavy atom. The van der Waals surface area contributed by atoms with E-state index in [1.54, 1.807) is 0 Å². The van der Waals surface area contributed by atoms with Crippen LogP contribution in [0.3, 0.4) is 0 Å². The largest absolute Gasteiger partial charge is 0.444 e. The van der Waals surface area contributed by atoms with Crippen molar-refractivity contribution in [3.63, 3.8) is 0 Å². The predicted molar refractivity (Wildman–Crippen MR) is 114 cm³/mol. The molecule has 2 atom stereocenters. The van der Waals surface area contributed by atoms with Gasteiger partial charge in [0, 0.05) is 18.1 Å². The van der Waals surface area contributed by atoms with Crippen LogP contribution in [0.2, 0.25) is 0 Å². The minimum atomic E-state index is -0.462. The van der Waals surface area contributed by atoms with Crippen molar-refractivity contribution in [2.24, 2.45) is 17.6 Å². The van der Waals surface area contributed by atoms with Crippen molar-refractivity contribution in [2.45, 2.75) is 123 Å². The maximum absolute atomic E-state index is 12.6. The highest BCUT2D eigenvalue weighted by atomic mass is 16.6. The van der Waals surface area contributed by atoms with Crippen LogP contribution in [0, 0.1) is 11.8 Å². The summed E-state index contributed by atoms with van der Waals surface area (Å²) in [4.78, 5) is 14.5. The molecule has 0 aliphatic carbocycles. The molecule has 2 heterocycles. The van der Waals surface area contributed by atoms with Crippen LogP contribution in [-0.4, -0.2) is 45.9 Å². The zero-order valence-electron chi connectivity index (χ0n) is 19.7. The van der Waals surface area contributed by atoms with Crippen molar-refractivity contribution in [1.82, 2.24) is 4.90 Å². The molecule has 2 fully saturated rings. The second-order valence-electron chi connectivity index (χ2n) is 12.0. The van der Waals surface area contributed by atoms with Gasteiger partial charge in [0.1, 0.15) is 5.60 Å². The Morgan fingerprint density at radius 1 is 1.11 bits per heavy atom. The maximum Gasteiger partial charge on any atom is 0.410 e. The number of hydrogen-bond donors (Lipinski definition) is 1. The van der Waals surface area contributed by atoms with E-state index in [4.69, 9.17) is 15.2 Å². The van der Waals surface area contributed by atoms with Crippen LogP contribution < -0.4 is 5.73 Å². The van der Waals surface area contributed by atoms with E-state index in [2.05, 4.69) is 41.5 Å². The van der Waals surface area contributed by atoms with Crippen molar-refractivity contribution in [3.8, 4) is 0 Å². The molecule has 0 aromatic rings. The summed E-state index contributed by atoms with van der Waals surface area (Å²) < 4.78 is 11.8. The number of carbonyl (C=O) groups is 1. The third-order valence-electron chi connectivity index (χ3n) is 6.15. The van der Waals surface area contributed by atoms with Crippen LogP contribution in [0.4, 0.5) is 4.79 Å². The number of amides is 1. The highest BCUT2D eigenvalue weighted by molar-refractivity contribution is 5.69. The summed E-state index contributed by atoms with van der Waals surface area (Å²) in [5.74, 6) is 0.963. The average Bonchev–Trinajstić information content (AvgIpc) is 2.74. The number of ether oxygens (including phenoxy) is 2. The molecule has 5 nitrogen and oxygen atoms in total. The van der Waals surface area contributed by atoms with Gasteiger partial charge in [0.05, 0.1) is 11.2 Å². The van der Waals surface area contributed by atoms with Gasteiger partial charge in [-0.2, -0.15) is 0 Å². The first-order chi connectivity index (χ1) is 12.5. The zero-order chi connectivity index (χ0) is 21.5. The second-order valence-corrected chi connectivity index (χ2v) is 12.0. The second kappa shape index (κ2) is 7.79. The first kappa shape index (κ1) is 23.5. The van der Waals surface area contributed by atoms with Crippen LogP contribution in [0.15, 0.2) is 0 Å². The Labute approximate surface area is 172 Å². The van der Waals surface area contributed by atoms with Gasteiger partial charge in [0.15, 0.2) is 0 Å². The molecule has 1 amide bonds. The molecule has 164 valence electrons. The number of hydrogen-bond acceptors (Lipinski definition) is 4. The molecule has 2 aliphatic rings. The molecule has 2 N–H and O–H groups in total. The lowest BCUT2D eigenvalue weighted by Crippen LogP contribution is -2.49. The predicted octanol–water partition coefficient (Wildman–Crippen LogP) is 5.11. The summed E-state index contributed by atoms with van der Waals surface area (Å²) in [5.41, 5.74) is 5.79. The molecule has 0 radical (unpaired) electrons. The van der Waals surface area contributed by atoms with Gasteiger partial charge in [0.25, 0.3) is 0 Å². The fourth-order valence-corrected chi connectivity index (χ4v) is 5.35. The van der Waals surface area contributed by atoms with E-state index in [0.29, 0.717) is 11.8 Å². The van der Waals surface area contributed by atoms with E-state index < -0.39 is 5.60 Å². The SMILES string of the molecule is CC(C)(C)OC(=O)N1CC(CCC(N)C2CC(C)(C)OC(C)(C)C2)CC1(C)C. The molecule has 28 heavy (non-hydrogen) atoms. The number of nitrogens with two attached hydrogens (primary N) is 1. The van der Waals surface area contributed by atoms with Crippen LogP contribution in [0.1, 0.15) is 94.4 Å². The molecular weight excluding hydrogens is 352 g/mol. The van der Waals surface area contributed by atoms with Gasteiger partial charge >= 0.3 is 6.09 Å². The molecule has 5 heteroatoms. The first-order valence-corrected chi connectivity index (χ1v) is 11.0. The van der Waals surface area contributed by atoms with Crippen molar-refractivity contribution in [1.29, 1.82) is 0 Å². The molecular formula is C23H44N2O3. The van der Waals surface area contributed by atoms with Gasteiger partial charge in [-0.15, -0.1) is 0 Å². The molecule has 2 rings (SSSR count). The highest BCUT2D eigenvalue weighted by Crippen LogP contribution is 2.41. The van der Waals surface area contributed by atoms with Crippen LogP contribution in [0.5, 0.6) is 0 Å². The molecule has 0 aromatic carbocycles. The molecule has 0 bridgehead atoms. The molecule has 0 aromatic heterocycles. The molecule has 2 saturated heterocycles. The summed E-state index contributed by atoms with van der Waals surface area (Å²) in [6.45, 7) is 19.5. The minimum absolute atomic E-state index is 0.118. The van der Waals surface area contributed by atoms with Gasteiger partial charge < -0.3 is 20.1 Å². The minimum Gasteiger partial charge on any atom is -0.444 e. The number of nitrogens with zero attached hydrogens (tertiary/aromatic N) is 1. The summed E-state index contributed by atoms with van der Waals surface area (Å²) in [7, 11) is 0. The summed E-state index contributed by atoms with van der Waals surface area (Å²) >= 11 is 0. The van der Waals surface area contributed by atoms with Gasteiger partial charge in [-0.3, -0.25) is 0 Å². The monoisotopic (exact) mass is 396 g/mol. The van der Waals surface area contributed by atoms with Crippen LogP contribution in [0.25, 0.3) is 0 Å². The molecule has 2 unspecified atom stereocenters. The van der Waals surface area contributed by atoms with E-state index in [0.717, 1.165) is 38.6 Å². The third-order valence-corrected chi connectivity index (χ3v) is 6.15. The Morgan fingerprint density at radius 2 is 1.64 bits per heavy atom. The van der Waals surface area contributed by atoms with Gasteiger partial charge in [-0.1, -0.05) is 0 Å². The van der Waals surface area contributed by atoms with Gasteiger partial charge in [-0.25, -0.2) is 4.79 Å². The quantitative estimate of drug-likeness (QED) is 0.717. The maximum atomic E-state index is 12.6. The summed E-state index contributed by atoms with van der Waals surface area (Å²) in [5, 5.41) is 0. The topological polar surface area (TPSA) is 64.8 Å². The normalized spacial score (nSPS) is 28.2. The highest BCUT2D eigenvalue weighted by Gasteiger charge is 2.44. The van der Waals surface area contributed by atoms with E-state index in [-0.39, 0.29) is 28.9 Å². The molecule has 0 saturated carbocycles.